The summed E-state index contributed by atoms with van der Waals surface area (Å²) >= 11 is 0. The minimum absolute atomic E-state index is 0.0240. The molecule has 2 N–H and O–H groups in total. The van der Waals surface area contributed by atoms with Gasteiger partial charge in [0, 0.05) is 43.6 Å². The van der Waals surface area contributed by atoms with Crippen molar-refractivity contribution in [2.75, 3.05) is 54.9 Å². The van der Waals surface area contributed by atoms with Crippen LogP contribution in [0.15, 0.2) is 71.6 Å². The molecule has 1 heterocycles. The van der Waals surface area contributed by atoms with E-state index < -0.39 is 16.0 Å². The van der Waals surface area contributed by atoms with Gasteiger partial charge in [-0.3, -0.25) is 4.72 Å². The molecular weight excluding hydrogens is 470 g/mol. The normalized spacial score (nSPS) is 13.9. The quantitative estimate of drug-likeness (QED) is 0.487. The number of carbonyl (C=O) groups is 1. The number of piperazine rings is 1. The molecule has 1 aliphatic heterocycles. The lowest BCUT2D eigenvalue weighted by Gasteiger charge is -2.38. The van der Waals surface area contributed by atoms with Crippen LogP contribution in [0.2, 0.25) is 0 Å². The lowest BCUT2D eigenvalue weighted by molar-refractivity contribution is 0.0697. The topological polar surface area (TPSA) is 108 Å². The van der Waals surface area contributed by atoms with Crippen LogP contribution in [0, 0.1) is 0 Å². The smallest absolute Gasteiger partial charge is 0.337 e. The molecule has 184 valence electrons. The first-order chi connectivity index (χ1) is 16.8. The first-order valence-electron chi connectivity index (χ1n) is 11.0. The number of para-hydroxylation sites is 1. The predicted octanol–water partition coefficient (Wildman–Crippen LogP) is 3.53. The van der Waals surface area contributed by atoms with E-state index in [0.717, 1.165) is 18.8 Å². The molecule has 0 aliphatic carbocycles. The van der Waals surface area contributed by atoms with E-state index in [4.69, 9.17) is 9.47 Å². The van der Waals surface area contributed by atoms with Gasteiger partial charge >= 0.3 is 5.97 Å². The van der Waals surface area contributed by atoms with Crippen LogP contribution in [0.1, 0.15) is 10.4 Å². The van der Waals surface area contributed by atoms with E-state index in [1.54, 1.807) is 18.2 Å². The van der Waals surface area contributed by atoms with Gasteiger partial charge in [0.15, 0.2) is 0 Å². The van der Waals surface area contributed by atoms with Crippen molar-refractivity contribution in [2.24, 2.45) is 0 Å². The summed E-state index contributed by atoms with van der Waals surface area (Å²) in [6.45, 7) is 2.77. The molecule has 1 aliphatic rings. The van der Waals surface area contributed by atoms with Gasteiger partial charge in [0.05, 0.1) is 25.5 Å². The Morgan fingerprint density at radius 1 is 0.886 bits per heavy atom. The molecule has 35 heavy (non-hydrogen) atoms. The van der Waals surface area contributed by atoms with Crippen LogP contribution < -0.4 is 24.0 Å². The number of hydrogen-bond acceptors (Lipinski definition) is 7. The van der Waals surface area contributed by atoms with Crippen molar-refractivity contribution in [1.82, 2.24) is 0 Å². The van der Waals surface area contributed by atoms with E-state index >= 15 is 0 Å². The lowest BCUT2D eigenvalue weighted by Crippen LogP contribution is -2.47. The molecule has 9 nitrogen and oxygen atoms in total. The highest BCUT2D eigenvalue weighted by Crippen LogP contribution is 2.32. The number of nitrogens with zero attached hydrogens (tertiary/aromatic N) is 2. The molecular formula is C25H27N3O6S. The van der Waals surface area contributed by atoms with Gasteiger partial charge in [0.25, 0.3) is 10.0 Å². The van der Waals surface area contributed by atoms with Crippen LogP contribution in [0.5, 0.6) is 11.5 Å². The monoisotopic (exact) mass is 497 g/mol. The molecule has 0 aromatic heterocycles. The number of ether oxygens (including phenoxy) is 2. The van der Waals surface area contributed by atoms with Gasteiger partial charge in [-0.2, -0.15) is 0 Å². The third-order valence-electron chi connectivity index (χ3n) is 5.88. The summed E-state index contributed by atoms with van der Waals surface area (Å²) < 4.78 is 38.9. The maximum atomic E-state index is 13.1. The van der Waals surface area contributed by atoms with Gasteiger partial charge in [-0.15, -0.1) is 0 Å². The first-order valence-corrected chi connectivity index (χ1v) is 12.5. The van der Waals surface area contributed by atoms with Crippen molar-refractivity contribution in [3.05, 3.63) is 72.3 Å². The number of carboxylic acid groups (broad SMARTS) is 1. The van der Waals surface area contributed by atoms with Crippen LogP contribution in [0.3, 0.4) is 0 Å². The standard InChI is InChI=1S/C25H27N3O6S/c1-33-20-9-11-23(34-2)24(17-20)35(31,32)26-18-8-10-22(21(16-18)25(29)30)28-14-12-27(13-15-28)19-6-4-3-5-7-19/h3-11,16-17,26H,12-15H2,1-2H3,(H,29,30). The molecule has 0 atom stereocenters. The molecule has 4 rings (SSSR count). The molecule has 0 saturated carbocycles. The molecule has 0 amide bonds. The Bertz CT molecular complexity index is 1310. The van der Waals surface area contributed by atoms with Crippen molar-refractivity contribution < 1.29 is 27.8 Å². The summed E-state index contributed by atoms with van der Waals surface area (Å²) in [5.41, 5.74) is 1.84. The van der Waals surface area contributed by atoms with Gasteiger partial charge in [-0.25, -0.2) is 13.2 Å². The van der Waals surface area contributed by atoms with Crippen LogP contribution in [0.25, 0.3) is 0 Å². The van der Waals surface area contributed by atoms with Gasteiger partial charge < -0.3 is 24.4 Å². The minimum atomic E-state index is -4.07. The van der Waals surface area contributed by atoms with Crippen molar-refractivity contribution in [3.8, 4) is 11.5 Å². The molecule has 0 spiro atoms. The number of benzene rings is 3. The number of rotatable bonds is 8. The number of carboxylic acids is 1. The molecule has 10 heteroatoms. The second-order valence-electron chi connectivity index (χ2n) is 7.97. The molecule has 3 aromatic carbocycles. The fourth-order valence-electron chi connectivity index (χ4n) is 4.10. The molecule has 1 saturated heterocycles. The van der Waals surface area contributed by atoms with Gasteiger partial charge in [-0.1, -0.05) is 18.2 Å². The highest BCUT2D eigenvalue weighted by atomic mass is 32.2. The van der Waals surface area contributed by atoms with Gasteiger partial charge in [0.1, 0.15) is 16.4 Å². The van der Waals surface area contributed by atoms with E-state index in [1.807, 2.05) is 23.1 Å². The number of hydrogen-bond donors (Lipinski definition) is 2. The maximum Gasteiger partial charge on any atom is 0.337 e. The van der Waals surface area contributed by atoms with E-state index in [1.165, 1.54) is 32.4 Å². The Kier molecular flexibility index (Phi) is 7.02. The first kappa shape index (κ1) is 24.2. The van der Waals surface area contributed by atoms with Crippen LogP contribution >= 0.6 is 0 Å². The summed E-state index contributed by atoms with van der Waals surface area (Å²) in [5, 5.41) is 9.87. The van der Waals surface area contributed by atoms with Crippen molar-refractivity contribution in [2.45, 2.75) is 4.90 Å². The van der Waals surface area contributed by atoms with Gasteiger partial charge in [0.2, 0.25) is 0 Å². The number of anilines is 3. The summed E-state index contributed by atoms with van der Waals surface area (Å²) in [5.74, 6) is -0.641. The molecule has 1 fully saturated rings. The predicted molar refractivity (Wildman–Crippen MR) is 135 cm³/mol. The molecule has 3 aromatic rings. The van der Waals surface area contributed by atoms with Gasteiger partial charge in [-0.05, 0) is 42.5 Å². The average Bonchev–Trinajstić information content (AvgIpc) is 2.88. The van der Waals surface area contributed by atoms with Crippen LogP contribution in [-0.2, 0) is 10.0 Å². The largest absolute Gasteiger partial charge is 0.497 e. The molecule has 0 unspecified atom stereocenters. The lowest BCUT2D eigenvalue weighted by atomic mass is 10.1. The SMILES string of the molecule is COc1ccc(OC)c(S(=O)(=O)Nc2ccc(N3CCN(c4ccccc4)CC3)c(C(=O)O)c2)c1. The van der Waals surface area contributed by atoms with Crippen molar-refractivity contribution >= 4 is 33.1 Å². The summed E-state index contributed by atoms with van der Waals surface area (Å²) in [4.78, 5) is 16.2. The number of sulfonamides is 1. The zero-order chi connectivity index (χ0) is 25.0. The molecule has 0 radical (unpaired) electrons. The van der Waals surface area contributed by atoms with Crippen molar-refractivity contribution in [3.63, 3.8) is 0 Å². The Morgan fingerprint density at radius 2 is 1.57 bits per heavy atom. The van der Waals surface area contributed by atoms with Crippen molar-refractivity contribution in [1.29, 1.82) is 0 Å². The average molecular weight is 498 g/mol. The van der Waals surface area contributed by atoms with Crippen LogP contribution in [0.4, 0.5) is 17.1 Å². The molecule has 0 bridgehead atoms. The Morgan fingerprint density at radius 3 is 2.20 bits per heavy atom. The second kappa shape index (κ2) is 10.1. The summed E-state index contributed by atoms with van der Waals surface area (Å²) in [7, 11) is -1.27. The van der Waals surface area contributed by atoms with Crippen LogP contribution in [-0.4, -0.2) is 59.9 Å². The van der Waals surface area contributed by atoms with E-state index in [2.05, 4.69) is 21.8 Å². The number of nitrogens with one attached hydrogen (secondary N) is 1. The minimum Gasteiger partial charge on any atom is -0.497 e. The highest BCUT2D eigenvalue weighted by molar-refractivity contribution is 7.92. The zero-order valence-corrected chi connectivity index (χ0v) is 20.3. The second-order valence-corrected chi connectivity index (χ2v) is 9.62. The fraction of sp³-hybridized carbons (Fsp3) is 0.240. The highest BCUT2D eigenvalue weighted by Gasteiger charge is 2.25. The number of methoxy groups -OCH3 is 2. The van der Waals surface area contributed by atoms with E-state index in [9.17, 15) is 18.3 Å². The Labute approximate surface area is 204 Å². The van der Waals surface area contributed by atoms with E-state index in [-0.39, 0.29) is 21.9 Å². The fourth-order valence-corrected chi connectivity index (χ4v) is 5.33. The Balaban J connectivity index is 1.56. The van der Waals surface area contributed by atoms with E-state index in [0.29, 0.717) is 24.5 Å². The Hall–Kier alpha value is -3.92. The third-order valence-corrected chi connectivity index (χ3v) is 7.28. The zero-order valence-electron chi connectivity index (χ0n) is 19.5. The summed E-state index contributed by atoms with van der Waals surface area (Å²) in [6, 6.07) is 19.0. The maximum absolute atomic E-state index is 13.1. The number of aromatic carboxylic acids is 1. The third kappa shape index (κ3) is 5.27. The summed E-state index contributed by atoms with van der Waals surface area (Å²) in [6.07, 6.45) is 0.